The molecule has 0 saturated heterocycles. The van der Waals surface area contributed by atoms with Crippen LogP contribution in [0.1, 0.15) is 406 Å². The number of unbranched alkanes of at least 4 members (excludes halogenated alkanes) is 55. The molecule has 0 aromatic carbocycles. The predicted octanol–water partition coefficient (Wildman–Crippen LogP) is 23.8. The lowest BCUT2D eigenvalue weighted by molar-refractivity contribution is -0.123. The van der Waals surface area contributed by atoms with Gasteiger partial charge in [-0.15, -0.1) is 0 Å². The third kappa shape index (κ3) is 63.6. The molecule has 4 heteroatoms. The second-order valence-electron chi connectivity index (χ2n) is 24.3. The first-order chi connectivity index (χ1) is 37.2. The number of hydrogen-bond acceptors (Lipinski definition) is 3. The van der Waals surface area contributed by atoms with Crippen molar-refractivity contribution in [1.29, 1.82) is 0 Å². The summed E-state index contributed by atoms with van der Waals surface area (Å²) >= 11 is 0. The van der Waals surface area contributed by atoms with Crippen molar-refractivity contribution in [3.63, 3.8) is 0 Å². The smallest absolute Gasteiger partial charge is 0.220 e. The van der Waals surface area contributed by atoms with Gasteiger partial charge in [0.25, 0.3) is 0 Å². The zero-order chi connectivity index (χ0) is 54.1. The van der Waals surface area contributed by atoms with E-state index in [9.17, 15) is 15.0 Å². The number of carbonyl (C=O) groups excluding carboxylic acids is 1. The number of hydrogen-bond donors (Lipinski definition) is 3. The number of aliphatic hydroxyl groups excluding tert-OH is 2. The molecule has 2 atom stereocenters. The third-order valence-corrected chi connectivity index (χ3v) is 16.7. The van der Waals surface area contributed by atoms with E-state index in [1.54, 1.807) is 0 Å². The van der Waals surface area contributed by atoms with Crippen LogP contribution >= 0.6 is 0 Å². The molecule has 2 unspecified atom stereocenters. The summed E-state index contributed by atoms with van der Waals surface area (Å²) in [5.74, 6) is -0.0211. The number of aliphatic hydroxyl groups is 2. The third-order valence-electron chi connectivity index (χ3n) is 16.7. The van der Waals surface area contributed by atoms with E-state index in [0.717, 1.165) is 32.1 Å². The van der Waals surface area contributed by atoms with Crippen LogP contribution in [-0.4, -0.2) is 34.9 Å². The molecule has 0 aliphatic rings. The number of carbonyl (C=O) groups is 1. The van der Waals surface area contributed by atoms with Crippen molar-refractivity contribution in [2.45, 2.75) is 418 Å². The first-order valence-electron chi connectivity index (χ1n) is 35.0. The monoisotopic (exact) mass is 1050 g/mol. The van der Waals surface area contributed by atoms with E-state index in [1.165, 1.54) is 347 Å². The quantitative estimate of drug-likeness (QED) is 0.0420. The minimum atomic E-state index is -0.657. The average Bonchev–Trinajstić information content (AvgIpc) is 3.41. The van der Waals surface area contributed by atoms with Crippen LogP contribution in [0.25, 0.3) is 0 Å². The van der Waals surface area contributed by atoms with Crippen molar-refractivity contribution in [1.82, 2.24) is 5.32 Å². The maximum Gasteiger partial charge on any atom is 0.220 e. The summed E-state index contributed by atoms with van der Waals surface area (Å²) in [6.45, 7) is 4.40. The minimum absolute atomic E-state index is 0.0211. The zero-order valence-corrected chi connectivity index (χ0v) is 51.6. The average molecular weight is 1050 g/mol. The molecule has 3 N–H and O–H groups in total. The maximum atomic E-state index is 12.5. The number of rotatable bonds is 66. The SMILES string of the molecule is CCCCCCC/C=C\C/C=C\CCCCCCCCCCCCCCCCCCCCCCCCCCCCCCCC(=O)NC(CO)C(O)CCCCCCCCCCCCCCCCCCCCCCCC. The highest BCUT2D eigenvalue weighted by Crippen LogP contribution is 2.19. The topological polar surface area (TPSA) is 69.6 Å². The zero-order valence-electron chi connectivity index (χ0n) is 51.6. The minimum Gasteiger partial charge on any atom is -0.394 e. The Hall–Kier alpha value is -1.13. The fraction of sp³-hybridized carbons (Fsp3) is 0.930. The summed E-state index contributed by atoms with van der Waals surface area (Å²) in [5.41, 5.74) is 0. The maximum absolute atomic E-state index is 12.5. The van der Waals surface area contributed by atoms with Gasteiger partial charge in [0.05, 0.1) is 18.8 Å². The van der Waals surface area contributed by atoms with E-state index in [4.69, 9.17) is 0 Å². The molecule has 0 saturated carbocycles. The fourth-order valence-corrected chi connectivity index (χ4v) is 11.4. The fourth-order valence-electron chi connectivity index (χ4n) is 11.4. The van der Waals surface area contributed by atoms with Gasteiger partial charge in [-0.2, -0.15) is 0 Å². The molecule has 0 aliphatic heterocycles. The van der Waals surface area contributed by atoms with Gasteiger partial charge in [-0.1, -0.05) is 378 Å². The molecule has 0 heterocycles. The van der Waals surface area contributed by atoms with E-state index in [2.05, 4.69) is 43.5 Å². The van der Waals surface area contributed by atoms with Crippen molar-refractivity contribution >= 4 is 5.91 Å². The van der Waals surface area contributed by atoms with Gasteiger partial charge in [0.2, 0.25) is 5.91 Å². The Bertz CT molecular complexity index is 1100. The van der Waals surface area contributed by atoms with Gasteiger partial charge in [0.15, 0.2) is 0 Å². The molecule has 446 valence electrons. The van der Waals surface area contributed by atoms with Crippen molar-refractivity contribution < 1.29 is 15.0 Å². The van der Waals surface area contributed by atoms with Gasteiger partial charge >= 0.3 is 0 Å². The summed E-state index contributed by atoms with van der Waals surface area (Å²) in [7, 11) is 0. The number of amides is 1. The van der Waals surface area contributed by atoms with Gasteiger partial charge in [-0.25, -0.2) is 0 Å². The Morgan fingerprint density at radius 1 is 0.320 bits per heavy atom. The van der Waals surface area contributed by atoms with E-state index in [0.29, 0.717) is 12.8 Å². The summed E-state index contributed by atoms with van der Waals surface area (Å²) in [4.78, 5) is 12.5. The first kappa shape index (κ1) is 73.9. The summed E-state index contributed by atoms with van der Waals surface area (Å²) < 4.78 is 0. The van der Waals surface area contributed by atoms with Crippen LogP contribution < -0.4 is 5.32 Å². The van der Waals surface area contributed by atoms with Crippen LogP contribution in [0.2, 0.25) is 0 Å². The van der Waals surface area contributed by atoms with E-state index >= 15 is 0 Å². The Morgan fingerprint density at radius 2 is 0.547 bits per heavy atom. The van der Waals surface area contributed by atoms with Gasteiger partial charge in [0.1, 0.15) is 0 Å². The van der Waals surface area contributed by atoms with E-state index in [-0.39, 0.29) is 12.5 Å². The lowest BCUT2D eigenvalue weighted by Gasteiger charge is -2.22. The van der Waals surface area contributed by atoms with Crippen molar-refractivity contribution in [3.8, 4) is 0 Å². The highest BCUT2D eigenvalue weighted by atomic mass is 16.3. The lowest BCUT2D eigenvalue weighted by Crippen LogP contribution is -2.45. The summed E-state index contributed by atoms with van der Waals surface area (Å²) in [5, 5.41) is 23.4. The first-order valence-corrected chi connectivity index (χ1v) is 35.0. The standard InChI is InChI=1S/C71H139NO3/c1-3-5-7-9-11-13-15-17-19-21-23-25-27-28-29-30-31-32-33-34-35-36-37-38-39-40-41-42-43-44-45-47-49-51-53-55-57-59-61-63-65-67-71(75)72-69(68-73)70(74)66-64-62-60-58-56-54-52-50-48-46-26-24-22-20-18-16-14-12-10-8-6-4-2/h15,17,21,23,69-70,73-74H,3-14,16,18-20,22,24-68H2,1-2H3,(H,72,75)/b17-15-,23-21-. The predicted molar refractivity (Wildman–Crippen MR) is 336 cm³/mol. The highest BCUT2D eigenvalue weighted by Gasteiger charge is 2.20. The van der Waals surface area contributed by atoms with Crippen LogP contribution in [0.15, 0.2) is 24.3 Å². The molecule has 0 bridgehead atoms. The Balaban J connectivity index is 3.35. The molecule has 0 spiro atoms. The molecule has 0 aliphatic carbocycles. The van der Waals surface area contributed by atoms with Crippen molar-refractivity contribution in [2.75, 3.05) is 6.61 Å². The van der Waals surface area contributed by atoms with Crippen LogP contribution in [0.5, 0.6) is 0 Å². The van der Waals surface area contributed by atoms with Gasteiger partial charge in [-0.05, 0) is 44.9 Å². The molecule has 75 heavy (non-hydrogen) atoms. The molecule has 0 aromatic rings. The van der Waals surface area contributed by atoms with Crippen LogP contribution in [0.3, 0.4) is 0 Å². The Morgan fingerprint density at radius 3 is 0.800 bits per heavy atom. The van der Waals surface area contributed by atoms with Crippen molar-refractivity contribution in [3.05, 3.63) is 24.3 Å². The molecule has 4 nitrogen and oxygen atoms in total. The molecule has 0 fully saturated rings. The van der Waals surface area contributed by atoms with Crippen molar-refractivity contribution in [2.24, 2.45) is 0 Å². The Kier molecular flexibility index (Phi) is 66.1. The number of allylic oxidation sites excluding steroid dienone is 4. The summed E-state index contributed by atoms with van der Waals surface area (Å²) in [6.07, 6.45) is 91.0. The Labute approximate surface area is 472 Å². The van der Waals surface area contributed by atoms with Gasteiger partial charge in [0, 0.05) is 6.42 Å². The molecule has 0 rings (SSSR count). The highest BCUT2D eigenvalue weighted by molar-refractivity contribution is 5.76. The van der Waals surface area contributed by atoms with E-state index in [1.807, 2.05) is 0 Å². The largest absolute Gasteiger partial charge is 0.394 e. The number of nitrogens with one attached hydrogen (secondary N) is 1. The molecule has 0 radical (unpaired) electrons. The second-order valence-corrected chi connectivity index (χ2v) is 24.3. The van der Waals surface area contributed by atoms with Crippen LogP contribution in [0.4, 0.5) is 0 Å². The van der Waals surface area contributed by atoms with Gasteiger partial charge in [-0.3, -0.25) is 4.79 Å². The van der Waals surface area contributed by atoms with Crippen LogP contribution in [0, 0.1) is 0 Å². The normalized spacial score (nSPS) is 12.7. The lowest BCUT2D eigenvalue weighted by atomic mass is 10.0. The summed E-state index contributed by atoms with van der Waals surface area (Å²) in [6, 6.07) is -0.534. The molecular weight excluding hydrogens is 915 g/mol. The second kappa shape index (κ2) is 67.1. The molecule has 1 amide bonds. The van der Waals surface area contributed by atoms with E-state index < -0.39 is 12.1 Å². The molecular formula is C71H139NO3. The van der Waals surface area contributed by atoms with Crippen LogP contribution in [-0.2, 0) is 4.79 Å². The molecule has 0 aromatic heterocycles. The van der Waals surface area contributed by atoms with Gasteiger partial charge < -0.3 is 15.5 Å².